The Balaban J connectivity index is 2.76. The molecule has 1 aromatic rings. The van der Waals surface area contributed by atoms with Crippen LogP contribution in [0, 0.1) is 11.7 Å². The minimum Gasteiger partial charge on any atom is -0.294 e. The van der Waals surface area contributed by atoms with Crippen molar-refractivity contribution >= 4 is 21.7 Å². The van der Waals surface area contributed by atoms with Crippen molar-refractivity contribution < 1.29 is 9.18 Å². The normalized spacial score (nSPS) is 10.8. The lowest BCUT2D eigenvalue weighted by Crippen LogP contribution is -2.07. The van der Waals surface area contributed by atoms with Gasteiger partial charge in [-0.3, -0.25) is 4.79 Å². The van der Waals surface area contributed by atoms with Gasteiger partial charge in [0.1, 0.15) is 5.82 Å². The molecule has 0 aromatic heterocycles. The molecule has 1 nitrogen and oxygen atoms in total. The summed E-state index contributed by atoms with van der Waals surface area (Å²) in [6.07, 6.45) is 2.48. The van der Waals surface area contributed by atoms with Crippen LogP contribution in [0.3, 0.4) is 0 Å². The van der Waals surface area contributed by atoms with Crippen LogP contribution >= 0.6 is 15.9 Å². The van der Waals surface area contributed by atoms with Gasteiger partial charge in [-0.2, -0.15) is 0 Å². The van der Waals surface area contributed by atoms with Crippen LogP contribution in [-0.4, -0.2) is 5.78 Å². The maximum atomic E-state index is 13.2. The summed E-state index contributed by atoms with van der Waals surface area (Å²) >= 11 is 3.07. The van der Waals surface area contributed by atoms with Crippen LogP contribution in [0.25, 0.3) is 0 Å². The highest BCUT2D eigenvalue weighted by atomic mass is 79.9. The molecule has 3 heteroatoms. The summed E-state index contributed by atoms with van der Waals surface area (Å²) in [6.45, 7) is 4.15. The molecule has 0 bridgehead atoms. The Bertz CT molecular complexity index is 372. The number of Topliss-reactive ketones (excluding diaryl/α,β-unsaturated/α-hetero) is 1. The molecule has 0 radical (unpaired) electrons. The van der Waals surface area contributed by atoms with E-state index < -0.39 is 0 Å². The maximum Gasteiger partial charge on any atom is 0.163 e. The molecule has 1 rings (SSSR count). The second kappa shape index (κ2) is 6.14. The van der Waals surface area contributed by atoms with Crippen molar-refractivity contribution in [2.45, 2.75) is 33.1 Å². The molecule has 0 aliphatic carbocycles. The van der Waals surface area contributed by atoms with Gasteiger partial charge in [0.25, 0.3) is 0 Å². The van der Waals surface area contributed by atoms with E-state index in [-0.39, 0.29) is 11.6 Å². The Morgan fingerprint density at radius 3 is 2.50 bits per heavy atom. The lowest BCUT2D eigenvalue weighted by molar-refractivity contribution is 0.0958. The highest BCUT2D eigenvalue weighted by Gasteiger charge is 2.13. The van der Waals surface area contributed by atoms with Crippen molar-refractivity contribution in [1.82, 2.24) is 0 Å². The maximum absolute atomic E-state index is 13.2. The third kappa shape index (κ3) is 3.41. The minimum absolute atomic E-state index is 0.0279. The molecule has 0 fully saturated rings. The molecule has 1 aromatic carbocycles. The van der Waals surface area contributed by atoms with Gasteiger partial charge in [-0.15, -0.1) is 0 Å². The van der Waals surface area contributed by atoms with Crippen molar-refractivity contribution in [3.63, 3.8) is 0 Å². The second-order valence-electron chi connectivity index (χ2n) is 3.94. The van der Waals surface area contributed by atoms with Crippen molar-refractivity contribution in [3.8, 4) is 0 Å². The van der Waals surface area contributed by atoms with E-state index in [0.717, 1.165) is 12.8 Å². The largest absolute Gasteiger partial charge is 0.294 e. The van der Waals surface area contributed by atoms with E-state index in [1.807, 2.05) is 0 Å². The number of carbonyl (C=O) groups is 1. The molecule has 0 atom stereocenters. The molecule has 16 heavy (non-hydrogen) atoms. The van der Waals surface area contributed by atoms with Gasteiger partial charge in [-0.1, -0.05) is 32.8 Å². The molecule has 0 saturated carbocycles. The van der Waals surface area contributed by atoms with E-state index >= 15 is 0 Å². The van der Waals surface area contributed by atoms with Crippen LogP contribution in [0.5, 0.6) is 0 Å². The Kier molecular flexibility index (Phi) is 5.13. The van der Waals surface area contributed by atoms with Crippen LogP contribution in [-0.2, 0) is 0 Å². The van der Waals surface area contributed by atoms with Gasteiger partial charge < -0.3 is 0 Å². The fraction of sp³-hybridized carbons (Fsp3) is 0.462. The van der Waals surface area contributed by atoms with Gasteiger partial charge in [0, 0.05) is 12.0 Å². The predicted octanol–water partition coefficient (Wildman–Crippen LogP) is 4.60. The smallest absolute Gasteiger partial charge is 0.163 e. The highest BCUT2D eigenvalue weighted by molar-refractivity contribution is 9.10. The molecule has 0 N–H and O–H groups in total. The molecule has 0 heterocycles. The first-order chi connectivity index (χ1) is 7.58. The monoisotopic (exact) mass is 286 g/mol. The van der Waals surface area contributed by atoms with Crippen LogP contribution in [0.1, 0.15) is 43.5 Å². The number of hydrogen-bond acceptors (Lipinski definition) is 1. The van der Waals surface area contributed by atoms with Gasteiger partial charge in [-0.05, 0) is 34.0 Å². The first-order valence-corrected chi connectivity index (χ1v) is 6.36. The zero-order valence-electron chi connectivity index (χ0n) is 9.59. The molecule has 0 aliphatic heterocycles. The van der Waals surface area contributed by atoms with Crippen LogP contribution in [0.2, 0.25) is 0 Å². The van der Waals surface area contributed by atoms with Crippen molar-refractivity contribution in [1.29, 1.82) is 0 Å². The predicted molar refractivity (Wildman–Crippen MR) is 67.1 cm³/mol. The van der Waals surface area contributed by atoms with Gasteiger partial charge in [0.15, 0.2) is 5.78 Å². The molecule has 0 saturated heterocycles. The third-order valence-corrected chi connectivity index (χ3v) is 3.51. The van der Waals surface area contributed by atoms with Crippen LogP contribution in [0.4, 0.5) is 4.39 Å². The second-order valence-corrected chi connectivity index (χ2v) is 4.79. The number of rotatable bonds is 5. The average molecular weight is 287 g/mol. The molecule has 0 aliphatic rings. The molecular formula is C13H16BrFO. The first-order valence-electron chi connectivity index (χ1n) is 5.56. The van der Waals surface area contributed by atoms with Crippen LogP contribution in [0.15, 0.2) is 22.7 Å². The summed E-state index contributed by atoms with van der Waals surface area (Å²) in [7, 11) is 0. The number of halogens is 2. The third-order valence-electron chi connectivity index (χ3n) is 2.87. The molecule has 88 valence electrons. The van der Waals surface area contributed by atoms with E-state index in [0.29, 0.717) is 22.4 Å². The Labute approximate surface area is 104 Å². The Hall–Kier alpha value is -0.700. The van der Waals surface area contributed by atoms with Crippen molar-refractivity contribution in [3.05, 3.63) is 34.1 Å². The molecule has 0 amide bonds. The summed E-state index contributed by atoms with van der Waals surface area (Å²) in [4.78, 5) is 11.9. The standard InChI is InChI=1S/C13H16BrFO/c1-3-9(4-2)7-13(16)10-5-6-11(14)12(15)8-10/h5-6,8-9H,3-4,7H2,1-2H3. The van der Waals surface area contributed by atoms with E-state index in [4.69, 9.17) is 0 Å². The summed E-state index contributed by atoms with van der Waals surface area (Å²) in [6, 6.07) is 4.54. The Morgan fingerprint density at radius 1 is 1.38 bits per heavy atom. The van der Waals surface area contributed by atoms with Crippen molar-refractivity contribution in [2.75, 3.05) is 0 Å². The van der Waals surface area contributed by atoms with Gasteiger partial charge in [-0.25, -0.2) is 4.39 Å². The zero-order chi connectivity index (χ0) is 12.1. The fourth-order valence-electron chi connectivity index (χ4n) is 1.63. The summed E-state index contributed by atoms with van der Waals surface area (Å²) < 4.78 is 13.6. The van der Waals surface area contributed by atoms with E-state index in [1.54, 1.807) is 12.1 Å². The van der Waals surface area contributed by atoms with Gasteiger partial charge >= 0.3 is 0 Å². The number of hydrogen-bond donors (Lipinski definition) is 0. The average Bonchev–Trinajstić information content (AvgIpc) is 2.29. The lowest BCUT2D eigenvalue weighted by atomic mass is 9.94. The molecular weight excluding hydrogens is 271 g/mol. The SMILES string of the molecule is CCC(CC)CC(=O)c1ccc(Br)c(F)c1. The summed E-state index contributed by atoms with van der Waals surface area (Å²) in [5.41, 5.74) is 0.465. The highest BCUT2D eigenvalue weighted by Crippen LogP contribution is 2.20. The van der Waals surface area contributed by atoms with E-state index in [2.05, 4.69) is 29.8 Å². The topological polar surface area (TPSA) is 17.1 Å². The van der Waals surface area contributed by atoms with Crippen molar-refractivity contribution in [2.24, 2.45) is 5.92 Å². The molecule has 0 unspecified atom stereocenters. The number of ketones is 1. The first kappa shape index (κ1) is 13.4. The quantitative estimate of drug-likeness (QED) is 0.723. The van der Waals surface area contributed by atoms with Gasteiger partial charge in [0.2, 0.25) is 0 Å². The zero-order valence-corrected chi connectivity index (χ0v) is 11.2. The fourth-order valence-corrected chi connectivity index (χ4v) is 1.87. The Morgan fingerprint density at radius 2 is 2.00 bits per heavy atom. The number of benzene rings is 1. The number of carbonyl (C=O) groups excluding carboxylic acids is 1. The molecule has 0 spiro atoms. The lowest BCUT2D eigenvalue weighted by Gasteiger charge is -2.10. The van der Waals surface area contributed by atoms with Gasteiger partial charge in [0.05, 0.1) is 4.47 Å². The summed E-state index contributed by atoms with van der Waals surface area (Å²) in [5.74, 6) is 0.0507. The minimum atomic E-state index is -0.379. The summed E-state index contributed by atoms with van der Waals surface area (Å²) in [5, 5.41) is 0. The van der Waals surface area contributed by atoms with E-state index in [1.165, 1.54) is 6.07 Å². The van der Waals surface area contributed by atoms with Crippen LogP contribution < -0.4 is 0 Å². The van der Waals surface area contributed by atoms with E-state index in [9.17, 15) is 9.18 Å².